The van der Waals surface area contributed by atoms with E-state index in [-0.39, 0.29) is 5.92 Å². The molecule has 3 atom stereocenters. The first-order valence-corrected chi connectivity index (χ1v) is 4.57. The fourth-order valence-electron chi connectivity index (χ4n) is 1.49. The largest absolute Gasteiger partial charge is 0.480 e. The lowest BCUT2D eigenvalue weighted by Gasteiger charge is -2.24. The molecule has 0 aromatic carbocycles. The Morgan fingerprint density at radius 1 is 1.71 bits per heavy atom. The Kier molecular flexibility index (Phi) is 3.43. The number of aliphatic hydroxyl groups is 1. The summed E-state index contributed by atoms with van der Waals surface area (Å²) in [6.07, 6.45) is 5.25. The molecule has 0 aromatic rings. The third-order valence-electron chi connectivity index (χ3n) is 2.45. The number of carboxylic acid groups (broad SMARTS) is 1. The summed E-state index contributed by atoms with van der Waals surface area (Å²) in [5, 5.41) is 18.3. The molecule has 1 aliphatic carbocycles. The molecule has 0 saturated carbocycles. The molecule has 0 amide bonds. The molecule has 4 nitrogen and oxygen atoms in total. The van der Waals surface area contributed by atoms with E-state index < -0.39 is 18.1 Å². The first-order chi connectivity index (χ1) is 6.54. The van der Waals surface area contributed by atoms with Crippen molar-refractivity contribution in [1.29, 1.82) is 0 Å². The lowest BCUT2D eigenvalue weighted by atomic mass is 9.87. The molecule has 0 radical (unpaired) electrons. The molecule has 0 saturated heterocycles. The van der Waals surface area contributed by atoms with Gasteiger partial charge in [0.2, 0.25) is 0 Å². The van der Waals surface area contributed by atoms with Crippen LogP contribution in [0.15, 0.2) is 23.8 Å². The molecule has 0 spiro atoms. The van der Waals surface area contributed by atoms with Crippen LogP contribution >= 0.6 is 0 Å². The lowest BCUT2D eigenvalue weighted by Crippen LogP contribution is -2.44. The van der Waals surface area contributed by atoms with Crippen LogP contribution in [0.2, 0.25) is 0 Å². The number of nitrogens with two attached hydrogens (primary N) is 1. The summed E-state index contributed by atoms with van der Waals surface area (Å²) >= 11 is 0. The van der Waals surface area contributed by atoms with E-state index in [0.717, 1.165) is 6.42 Å². The van der Waals surface area contributed by atoms with E-state index in [4.69, 9.17) is 10.8 Å². The summed E-state index contributed by atoms with van der Waals surface area (Å²) in [6, 6.07) is -1.24. The third-order valence-corrected chi connectivity index (χ3v) is 2.45. The second-order valence-electron chi connectivity index (χ2n) is 3.54. The average Bonchev–Trinajstić information content (AvgIpc) is 2.16. The van der Waals surface area contributed by atoms with Crippen molar-refractivity contribution in [1.82, 2.24) is 0 Å². The molecular weight excluding hydrogens is 182 g/mol. The van der Waals surface area contributed by atoms with Gasteiger partial charge < -0.3 is 15.9 Å². The summed E-state index contributed by atoms with van der Waals surface area (Å²) < 4.78 is 0. The topological polar surface area (TPSA) is 83.5 Å². The molecule has 78 valence electrons. The van der Waals surface area contributed by atoms with Gasteiger partial charge in [-0.15, -0.1) is 0 Å². The Balaban J connectivity index is 2.77. The highest BCUT2D eigenvalue weighted by Gasteiger charge is 2.28. The number of allylic oxidation sites excluding steroid dienone is 3. The molecule has 4 N–H and O–H groups in total. The van der Waals surface area contributed by atoms with Crippen LogP contribution < -0.4 is 5.73 Å². The van der Waals surface area contributed by atoms with Gasteiger partial charge in [-0.05, 0) is 17.9 Å². The molecule has 0 bridgehead atoms. The Labute approximate surface area is 82.7 Å². The molecule has 0 aliphatic heterocycles. The number of hydrogen-bond acceptors (Lipinski definition) is 3. The van der Waals surface area contributed by atoms with Crippen molar-refractivity contribution in [2.75, 3.05) is 0 Å². The van der Waals surface area contributed by atoms with Crippen molar-refractivity contribution in [3.8, 4) is 0 Å². The van der Waals surface area contributed by atoms with Crippen LogP contribution in [-0.4, -0.2) is 28.3 Å². The smallest absolute Gasteiger partial charge is 0.323 e. The van der Waals surface area contributed by atoms with Gasteiger partial charge in [-0.3, -0.25) is 4.79 Å². The fourth-order valence-corrected chi connectivity index (χ4v) is 1.49. The number of aliphatic carboxylic acids is 1. The van der Waals surface area contributed by atoms with E-state index in [0.29, 0.717) is 5.57 Å². The molecule has 0 heterocycles. The van der Waals surface area contributed by atoms with Crippen molar-refractivity contribution in [3.05, 3.63) is 23.8 Å². The number of carbonyl (C=O) groups is 1. The fraction of sp³-hybridized carbons (Fsp3) is 0.500. The highest BCUT2D eigenvalue weighted by atomic mass is 16.4. The van der Waals surface area contributed by atoms with E-state index in [2.05, 4.69) is 0 Å². The van der Waals surface area contributed by atoms with Crippen LogP contribution in [0.5, 0.6) is 0 Å². The van der Waals surface area contributed by atoms with Crippen molar-refractivity contribution >= 4 is 5.97 Å². The van der Waals surface area contributed by atoms with Crippen molar-refractivity contribution in [2.24, 2.45) is 11.7 Å². The standard InChI is InChI=1S/C10H15NO3/c1-6-4-2-3-5-7(6)9(12)8(11)10(13)14/h2-3,5-6,8-9,12H,4,11H2,1H3,(H,13,14)/t6?,8-,9?/m0/s1. The number of hydrogen-bond donors (Lipinski definition) is 3. The van der Waals surface area contributed by atoms with E-state index in [1.807, 2.05) is 19.1 Å². The van der Waals surface area contributed by atoms with Crippen molar-refractivity contribution in [2.45, 2.75) is 25.5 Å². The van der Waals surface area contributed by atoms with Crippen LogP contribution in [-0.2, 0) is 4.79 Å². The number of rotatable bonds is 3. The summed E-state index contributed by atoms with van der Waals surface area (Å²) in [4.78, 5) is 10.6. The SMILES string of the molecule is CC1CC=CC=C1C(O)[C@H](N)C(=O)O. The van der Waals surface area contributed by atoms with Crippen LogP contribution in [0, 0.1) is 5.92 Å². The van der Waals surface area contributed by atoms with Gasteiger partial charge in [0.25, 0.3) is 0 Å². The van der Waals surface area contributed by atoms with Crippen molar-refractivity contribution in [3.63, 3.8) is 0 Å². The van der Waals surface area contributed by atoms with Gasteiger partial charge in [0.1, 0.15) is 12.1 Å². The summed E-state index contributed by atoms with van der Waals surface area (Å²) in [6.45, 7) is 1.94. The maximum atomic E-state index is 10.6. The van der Waals surface area contributed by atoms with E-state index >= 15 is 0 Å². The van der Waals surface area contributed by atoms with E-state index in [9.17, 15) is 9.90 Å². The molecule has 0 fully saturated rings. The minimum atomic E-state index is -1.24. The third kappa shape index (κ3) is 2.21. The Hall–Kier alpha value is -1.13. The number of carboxylic acids is 1. The molecule has 2 unspecified atom stereocenters. The molecule has 0 aromatic heterocycles. The zero-order chi connectivity index (χ0) is 10.7. The molecular formula is C10H15NO3. The molecule has 4 heteroatoms. The van der Waals surface area contributed by atoms with Crippen LogP contribution in [0.3, 0.4) is 0 Å². The van der Waals surface area contributed by atoms with Gasteiger partial charge in [-0.25, -0.2) is 0 Å². The predicted molar refractivity (Wildman–Crippen MR) is 52.6 cm³/mol. The van der Waals surface area contributed by atoms with Gasteiger partial charge >= 0.3 is 5.97 Å². The zero-order valence-electron chi connectivity index (χ0n) is 8.05. The minimum absolute atomic E-state index is 0.153. The Morgan fingerprint density at radius 3 is 2.86 bits per heavy atom. The normalized spacial score (nSPS) is 25.4. The highest BCUT2D eigenvalue weighted by molar-refractivity contribution is 5.74. The van der Waals surface area contributed by atoms with Gasteiger partial charge in [0.05, 0.1) is 0 Å². The van der Waals surface area contributed by atoms with Gasteiger partial charge in [0, 0.05) is 0 Å². The second-order valence-corrected chi connectivity index (χ2v) is 3.54. The maximum absolute atomic E-state index is 10.6. The summed E-state index contributed by atoms with van der Waals surface area (Å²) in [7, 11) is 0. The average molecular weight is 197 g/mol. The highest BCUT2D eigenvalue weighted by Crippen LogP contribution is 2.23. The molecule has 14 heavy (non-hydrogen) atoms. The van der Waals surface area contributed by atoms with Gasteiger partial charge in [0.15, 0.2) is 0 Å². The van der Waals surface area contributed by atoms with Crippen LogP contribution in [0.4, 0.5) is 0 Å². The Morgan fingerprint density at radius 2 is 2.36 bits per heavy atom. The molecule has 1 rings (SSSR count). The quantitative estimate of drug-likeness (QED) is 0.607. The van der Waals surface area contributed by atoms with E-state index in [1.54, 1.807) is 6.08 Å². The second kappa shape index (κ2) is 4.39. The van der Waals surface area contributed by atoms with Crippen molar-refractivity contribution < 1.29 is 15.0 Å². The summed E-state index contributed by atoms with van der Waals surface area (Å²) in [5.41, 5.74) is 6.04. The van der Waals surface area contributed by atoms with Gasteiger partial charge in [-0.2, -0.15) is 0 Å². The number of aliphatic hydroxyl groups excluding tert-OH is 1. The monoisotopic (exact) mass is 197 g/mol. The minimum Gasteiger partial charge on any atom is -0.480 e. The van der Waals surface area contributed by atoms with Gasteiger partial charge in [-0.1, -0.05) is 25.2 Å². The first kappa shape index (κ1) is 10.9. The summed E-state index contributed by atoms with van der Waals surface area (Å²) in [5.74, 6) is -1.03. The zero-order valence-corrected chi connectivity index (χ0v) is 8.05. The van der Waals surface area contributed by atoms with Crippen LogP contribution in [0.25, 0.3) is 0 Å². The Bertz CT molecular complexity index is 283. The molecule has 1 aliphatic rings. The first-order valence-electron chi connectivity index (χ1n) is 4.57. The lowest BCUT2D eigenvalue weighted by molar-refractivity contribution is -0.140. The van der Waals surface area contributed by atoms with Crippen LogP contribution in [0.1, 0.15) is 13.3 Å². The predicted octanol–water partition coefficient (Wildman–Crippen LogP) is 0.282. The maximum Gasteiger partial charge on any atom is 0.323 e. The van der Waals surface area contributed by atoms with E-state index in [1.165, 1.54) is 0 Å².